The second kappa shape index (κ2) is 7.39. The molecule has 1 aliphatic rings. The number of hydrogen-bond donors (Lipinski definition) is 1. The smallest absolute Gasteiger partial charge is 0.267 e. The number of rotatable bonds is 4. The van der Waals surface area contributed by atoms with E-state index in [2.05, 4.69) is 5.32 Å². The lowest BCUT2D eigenvalue weighted by molar-refractivity contribution is -0.128. The van der Waals surface area contributed by atoms with Gasteiger partial charge in [0.2, 0.25) is 11.8 Å². The van der Waals surface area contributed by atoms with Crippen molar-refractivity contribution in [1.29, 1.82) is 0 Å². The normalized spacial score (nSPS) is 17.1. The summed E-state index contributed by atoms with van der Waals surface area (Å²) in [7, 11) is -4.11. The molecule has 0 saturated carbocycles. The lowest BCUT2D eigenvalue weighted by Gasteiger charge is -2.24. The molecule has 3 rings (SSSR count). The summed E-state index contributed by atoms with van der Waals surface area (Å²) in [4.78, 5) is 25.2. The van der Waals surface area contributed by atoms with E-state index < -0.39 is 27.9 Å². The van der Waals surface area contributed by atoms with Gasteiger partial charge in [0.15, 0.2) is 0 Å². The maximum absolute atomic E-state index is 13.1. The monoisotopic (exact) mass is 400 g/mol. The number of sulfonamides is 1. The fourth-order valence-electron chi connectivity index (χ4n) is 3.23. The molecule has 2 amide bonds. The van der Waals surface area contributed by atoms with E-state index in [9.17, 15) is 18.0 Å². The second-order valence-corrected chi connectivity index (χ2v) is 9.10. The summed E-state index contributed by atoms with van der Waals surface area (Å²) in [6.45, 7) is 7.59. The van der Waals surface area contributed by atoms with E-state index in [1.807, 2.05) is 39.8 Å². The number of carbonyl (C=O) groups is 2. The Morgan fingerprint density at radius 2 is 1.57 bits per heavy atom. The molecule has 2 aromatic rings. The highest BCUT2D eigenvalue weighted by molar-refractivity contribution is 7.89. The molecular formula is C21H24N2O4S. The quantitative estimate of drug-likeness (QED) is 0.854. The summed E-state index contributed by atoms with van der Waals surface area (Å²) in [5.41, 5.74) is 4.45. The highest BCUT2D eigenvalue weighted by atomic mass is 32.2. The Kier molecular flexibility index (Phi) is 5.30. The lowest BCUT2D eigenvalue weighted by Crippen LogP contribution is -2.45. The first-order valence-corrected chi connectivity index (χ1v) is 10.6. The molecule has 1 N–H and O–H groups in total. The van der Waals surface area contributed by atoms with Crippen molar-refractivity contribution in [3.05, 3.63) is 58.7 Å². The zero-order valence-electron chi connectivity index (χ0n) is 16.4. The van der Waals surface area contributed by atoms with Crippen molar-refractivity contribution < 1.29 is 18.0 Å². The second-order valence-electron chi connectivity index (χ2n) is 7.28. The summed E-state index contributed by atoms with van der Waals surface area (Å²) in [6.07, 6.45) is 0.189. The van der Waals surface area contributed by atoms with Crippen LogP contribution in [0.4, 0.5) is 5.69 Å². The minimum atomic E-state index is -4.11. The molecule has 1 saturated heterocycles. The van der Waals surface area contributed by atoms with Crippen LogP contribution in [0.1, 0.15) is 35.1 Å². The number of benzene rings is 2. The van der Waals surface area contributed by atoms with Crippen LogP contribution in [0.2, 0.25) is 0 Å². The number of nitrogens with zero attached hydrogens (tertiary/aromatic N) is 1. The highest BCUT2D eigenvalue weighted by Crippen LogP contribution is 2.29. The number of aryl methyl sites for hydroxylation is 4. The van der Waals surface area contributed by atoms with Crippen LogP contribution in [0, 0.1) is 27.7 Å². The molecule has 148 valence electrons. The molecule has 0 radical (unpaired) electrons. The zero-order chi connectivity index (χ0) is 20.6. The van der Waals surface area contributed by atoms with Gasteiger partial charge in [-0.3, -0.25) is 9.59 Å². The number of hydrogen-bond acceptors (Lipinski definition) is 4. The molecular weight excluding hydrogens is 376 g/mol. The fourth-order valence-corrected chi connectivity index (χ4v) is 4.92. The molecule has 2 aromatic carbocycles. The summed E-state index contributed by atoms with van der Waals surface area (Å²) in [5.74, 6) is -1.06. The van der Waals surface area contributed by atoms with Crippen LogP contribution in [0.25, 0.3) is 0 Å². The molecule has 0 spiro atoms. The number of anilines is 1. The van der Waals surface area contributed by atoms with Crippen molar-refractivity contribution in [1.82, 2.24) is 4.31 Å². The van der Waals surface area contributed by atoms with E-state index in [1.54, 1.807) is 12.1 Å². The van der Waals surface area contributed by atoms with E-state index in [1.165, 1.54) is 12.1 Å². The molecule has 0 bridgehead atoms. The van der Waals surface area contributed by atoms with Gasteiger partial charge in [0.25, 0.3) is 10.0 Å². The third kappa shape index (κ3) is 3.67. The summed E-state index contributed by atoms with van der Waals surface area (Å²) in [6, 6.07) is 9.13. The van der Waals surface area contributed by atoms with Crippen LogP contribution in [-0.2, 0) is 19.6 Å². The van der Waals surface area contributed by atoms with Gasteiger partial charge in [-0.05, 0) is 80.6 Å². The van der Waals surface area contributed by atoms with Crippen LogP contribution < -0.4 is 5.32 Å². The maximum atomic E-state index is 13.1. The average molecular weight is 401 g/mol. The van der Waals surface area contributed by atoms with Gasteiger partial charge in [-0.25, -0.2) is 12.7 Å². The molecule has 0 aromatic heterocycles. The number of nitrogens with one attached hydrogen (secondary N) is 1. The molecule has 7 heteroatoms. The molecule has 28 heavy (non-hydrogen) atoms. The zero-order valence-corrected chi connectivity index (χ0v) is 17.3. The predicted octanol–water partition coefficient (Wildman–Crippen LogP) is 3.24. The van der Waals surface area contributed by atoms with Gasteiger partial charge in [0.05, 0.1) is 4.90 Å². The van der Waals surface area contributed by atoms with E-state index in [0.717, 1.165) is 26.6 Å². The Morgan fingerprint density at radius 1 is 0.964 bits per heavy atom. The first kappa shape index (κ1) is 20.1. The molecule has 1 atom stereocenters. The minimum absolute atomic E-state index is 0.0229. The molecule has 1 aliphatic heterocycles. The van der Waals surface area contributed by atoms with Gasteiger partial charge in [-0.2, -0.15) is 0 Å². The van der Waals surface area contributed by atoms with Crippen LogP contribution in [-0.4, -0.2) is 30.6 Å². The van der Waals surface area contributed by atoms with Gasteiger partial charge in [0, 0.05) is 12.1 Å². The Morgan fingerprint density at radius 3 is 2.18 bits per heavy atom. The number of carbonyl (C=O) groups excluding carboxylic acids is 2. The van der Waals surface area contributed by atoms with Crippen molar-refractivity contribution in [2.24, 2.45) is 0 Å². The molecule has 1 heterocycles. The van der Waals surface area contributed by atoms with Crippen molar-refractivity contribution in [2.75, 3.05) is 5.32 Å². The molecule has 0 unspecified atom stereocenters. The van der Waals surface area contributed by atoms with Crippen LogP contribution in [0.3, 0.4) is 0 Å². The largest absolute Gasteiger partial charge is 0.324 e. The fraction of sp³-hybridized carbons (Fsp3) is 0.333. The number of amides is 2. The van der Waals surface area contributed by atoms with Crippen molar-refractivity contribution in [2.45, 2.75) is 51.5 Å². The summed E-state index contributed by atoms with van der Waals surface area (Å²) in [5, 5.41) is 2.75. The maximum Gasteiger partial charge on any atom is 0.267 e. The first-order chi connectivity index (χ1) is 13.1. The SMILES string of the molecule is Cc1ccc(NC(=O)[C@H]2CCC(=O)N2S(=O)(=O)c2ccc(C)c(C)c2)cc1C. The molecule has 0 aliphatic carbocycles. The van der Waals surface area contributed by atoms with Gasteiger partial charge in [-0.15, -0.1) is 0 Å². The Balaban J connectivity index is 1.90. The third-order valence-corrected chi connectivity index (χ3v) is 7.10. The first-order valence-electron chi connectivity index (χ1n) is 9.14. The minimum Gasteiger partial charge on any atom is -0.324 e. The van der Waals surface area contributed by atoms with Crippen LogP contribution in [0.5, 0.6) is 0 Å². The molecule has 1 fully saturated rings. The van der Waals surface area contributed by atoms with Crippen LogP contribution >= 0.6 is 0 Å². The van der Waals surface area contributed by atoms with E-state index >= 15 is 0 Å². The van der Waals surface area contributed by atoms with Gasteiger partial charge >= 0.3 is 0 Å². The standard InChI is InChI=1S/C21H24N2O4S/c1-13-5-7-17(11-15(13)3)22-21(25)19-9-10-20(24)23(19)28(26,27)18-8-6-14(2)16(4)12-18/h5-8,11-12,19H,9-10H2,1-4H3,(H,22,25)/t19-/m1/s1. The third-order valence-electron chi connectivity index (χ3n) is 5.27. The van der Waals surface area contributed by atoms with E-state index in [0.29, 0.717) is 5.69 Å². The summed E-state index contributed by atoms with van der Waals surface area (Å²) < 4.78 is 26.9. The van der Waals surface area contributed by atoms with E-state index in [4.69, 9.17) is 0 Å². The van der Waals surface area contributed by atoms with E-state index in [-0.39, 0.29) is 17.7 Å². The average Bonchev–Trinajstić information content (AvgIpc) is 3.03. The van der Waals surface area contributed by atoms with Crippen molar-refractivity contribution in [3.8, 4) is 0 Å². The van der Waals surface area contributed by atoms with Crippen molar-refractivity contribution in [3.63, 3.8) is 0 Å². The lowest BCUT2D eigenvalue weighted by atomic mass is 10.1. The highest BCUT2D eigenvalue weighted by Gasteiger charge is 2.44. The van der Waals surface area contributed by atoms with Gasteiger partial charge < -0.3 is 5.32 Å². The Labute approximate surface area is 165 Å². The van der Waals surface area contributed by atoms with Crippen molar-refractivity contribution >= 4 is 27.5 Å². The summed E-state index contributed by atoms with van der Waals surface area (Å²) >= 11 is 0. The predicted molar refractivity (Wildman–Crippen MR) is 108 cm³/mol. The van der Waals surface area contributed by atoms with Gasteiger partial charge in [-0.1, -0.05) is 12.1 Å². The Bertz CT molecular complexity index is 1060. The topological polar surface area (TPSA) is 83.6 Å². The Hall–Kier alpha value is -2.67. The van der Waals surface area contributed by atoms with Gasteiger partial charge in [0.1, 0.15) is 6.04 Å². The van der Waals surface area contributed by atoms with Crippen LogP contribution in [0.15, 0.2) is 41.3 Å². The molecule has 6 nitrogen and oxygen atoms in total.